The Morgan fingerprint density at radius 1 is 1.17 bits per heavy atom. The van der Waals surface area contributed by atoms with Crippen LogP contribution in [0.4, 0.5) is 18.0 Å². The second kappa shape index (κ2) is 10.6. The number of alkyl halides is 3. The number of benzene rings is 1. The smallest absolute Gasteiger partial charge is 0.356 e. The lowest BCUT2D eigenvalue weighted by atomic mass is 9.81. The SMILES string of the molecule is CCCNC(=O)C1CCC(CN2C(=O)C3SC=CC3N(Cc3cccc(C(F)(F)F)c3)C2=O)CC1. The van der Waals surface area contributed by atoms with E-state index < -0.39 is 29.1 Å². The van der Waals surface area contributed by atoms with Gasteiger partial charge in [0.25, 0.3) is 0 Å². The van der Waals surface area contributed by atoms with Gasteiger partial charge in [0.05, 0.1) is 11.6 Å². The fraction of sp³-hybridized carbons (Fsp3) is 0.560. The Balaban J connectivity index is 1.44. The molecule has 0 spiro atoms. The second-order valence-electron chi connectivity index (χ2n) is 9.44. The lowest BCUT2D eigenvalue weighted by molar-refractivity contribution is -0.137. The van der Waals surface area contributed by atoms with Crippen molar-refractivity contribution in [3.05, 3.63) is 46.9 Å². The number of amides is 4. The summed E-state index contributed by atoms with van der Waals surface area (Å²) in [5, 5.41) is 4.23. The number of nitrogens with one attached hydrogen (secondary N) is 1. The maximum absolute atomic E-state index is 13.4. The molecule has 2 atom stereocenters. The first-order valence-corrected chi connectivity index (χ1v) is 13.0. The highest BCUT2D eigenvalue weighted by Gasteiger charge is 2.48. The van der Waals surface area contributed by atoms with Crippen LogP contribution in [-0.2, 0) is 22.3 Å². The van der Waals surface area contributed by atoms with Gasteiger partial charge in [0.2, 0.25) is 11.8 Å². The molecule has 1 N–H and O–H groups in total. The molecule has 35 heavy (non-hydrogen) atoms. The van der Waals surface area contributed by atoms with Crippen molar-refractivity contribution in [1.82, 2.24) is 15.1 Å². The quantitative estimate of drug-likeness (QED) is 0.573. The van der Waals surface area contributed by atoms with Crippen molar-refractivity contribution in [2.45, 2.75) is 63.0 Å². The summed E-state index contributed by atoms with van der Waals surface area (Å²) in [6.07, 6.45) is 1.10. The minimum absolute atomic E-state index is 0.0110. The summed E-state index contributed by atoms with van der Waals surface area (Å²) in [7, 11) is 0. The van der Waals surface area contributed by atoms with Crippen LogP contribution in [0.3, 0.4) is 0 Å². The lowest BCUT2D eigenvalue weighted by Gasteiger charge is -2.43. The summed E-state index contributed by atoms with van der Waals surface area (Å²) in [4.78, 5) is 41.6. The van der Waals surface area contributed by atoms with Gasteiger partial charge in [0.15, 0.2) is 0 Å². The number of thioether (sulfide) groups is 1. The zero-order chi connectivity index (χ0) is 25.2. The number of hydrogen-bond donors (Lipinski definition) is 1. The predicted octanol–water partition coefficient (Wildman–Crippen LogP) is 4.80. The van der Waals surface area contributed by atoms with E-state index in [9.17, 15) is 27.6 Å². The Hall–Kier alpha value is -2.49. The average molecular weight is 510 g/mol. The molecule has 4 rings (SSSR count). The summed E-state index contributed by atoms with van der Waals surface area (Å²) < 4.78 is 39.5. The Kier molecular flexibility index (Phi) is 7.78. The van der Waals surface area contributed by atoms with Crippen LogP contribution in [0.2, 0.25) is 0 Å². The molecule has 0 bridgehead atoms. The molecule has 4 amide bonds. The van der Waals surface area contributed by atoms with Crippen LogP contribution in [-0.4, -0.2) is 52.0 Å². The molecule has 1 aromatic carbocycles. The average Bonchev–Trinajstić information content (AvgIpc) is 3.33. The van der Waals surface area contributed by atoms with E-state index in [1.165, 1.54) is 27.6 Å². The molecule has 2 heterocycles. The molecular formula is C25H30F3N3O3S. The maximum atomic E-state index is 13.4. The standard InChI is InChI=1S/C25H30F3N3O3S/c1-2-11-29-22(32)18-8-6-16(7-9-18)14-31-23(33)21-20(10-12-35-21)30(24(31)34)15-17-4-3-5-19(13-17)25(26,27)28/h3-5,10,12-13,16,18,20-21H,2,6-9,11,14-15H2,1H3,(H,29,32). The Morgan fingerprint density at radius 2 is 1.91 bits per heavy atom. The van der Waals surface area contributed by atoms with Crippen LogP contribution in [0.25, 0.3) is 0 Å². The van der Waals surface area contributed by atoms with E-state index in [2.05, 4.69) is 5.32 Å². The minimum Gasteiger partial charge on any atom is -0.356 e. The van der Waals surface area contributed by atoms with Crippen molar-refractivity contribution in [2.24, 2.45) is 11.8 Å². The van der Waals surface area contributed by atoms with E-state index in [4.69, 9.17) is 0 Å². The molecule has 2 aliphatic heterocycles. The summed E-state index contributed by atoms with van der Waals surface area (Å²) in [5.41, 5.74) is -0.398. The van der Waals surface area contributed by atoms with Crippen LogP contribution in [0.5, 0.6) is 0 Å². The van der Waals surface area contributed by atoms with E-state index in [1.807, 2.05) is 6.92 Å². The molecule has 1 saturated heterocycles. The van der Waals surface area contributed by atoms with Gasteiger partial charge in [-0.1, -0.05) is 25.1 Å². The molecule has 1 saturated carbocycles. The highest BCUT2D eigenvalue weighted by molar-refractivity contribution is 8.03. The van der Waals surface area contributed by atoms with E-state index in [1.54, 1.807) is 17.6 Å². The fourth-order valence-electron chi connectivity index (χ4n) is 5.04. The van der Waals surface area contributed by atoms with E-state index in [-0.39, 0.29) is 36.7 Å². The monoisotopic (exact) mass is 509 g/mol. The topological polar surface area (TPSA) is 69.7 Å². The highest BCUT2D eigenvalue weighted by atomic mass is 32.2. The zero-order valence-electron chi connectivity index (χ0n) is 19.6. The molecule has 10 heteroatoms. The van der Waals surface area contributed by atoms with Crippen molar-refractivity contribution < 1.29 is 27.6 Å². The van der Waals surface area contributed by atoms with Crippen LogP contribution in [0.1, 0.15) is 50.2 Å². The van der Waals surface area contributed by atoms with Crippen molar-refractivity contribution >= 4 is 29.6 Å². The normalized spacial score (nSPS) is 26.7. The first kappa shape index (κ1) is 25.6. The predicted molar refractivity (Wildman–Crippen MR) is 127 cm³/mol. The number of carbonyl (C=O) groups is 3. The largest absolute Gasteiger partial charge is 0.416 e. The highest BCUT2D eigenvalue weighted by Crippen LogP contribution is 2.37. The van der Waals surface area contributed by atoms with E-state index in [0.717, 1.165) is 31.4 Å². The van der Waals surface area contributed by atoms with Gasteiger partial charge < -0.3 is 10.2 Å². The third-order valence-corrected chi connectivity index (χ3v) is 8.06. The Morgan fingerprint density at radius 3 is 2.60 bits per heavy atom. The van der Waals surface area contributed by atoms with Gasteiger partial charge in [-0.3, -0.25) is 14.5 Å². The summed E-state index contributed by atoms with van der Waals surface area (Å²) in [5.74, 6) is -0.122. The van der Waals surface area contributed by atoms with Crippen molar-refractivity contribution in [3.8, 4) is 0 Å². The molecular weight excluding hydrogens is 479 g/mol. The Labute approximate surface area is 207 Å². The number of hydrogen-bond acceptors (Lipinski definition) is 4. The van der Waals surface area contributed by atoms with Crippen molar-refractivity contribution in [1.29, 1.82) is 0 Å². The maximum Gasteiger partial charge on any atom is 0.416 e. The van der Waals surface area contributed by atoms with E-state index >= 15 is 0 Å². The van der Waals surface area contributed by atoms with Crippen LogP contribution in [0.15, 0.2) is 35.7 Å². The number of rotatable bonds is 7. The molecule has 0 aromatic heterocycles. The minimum atomic E-state index is -4.47. The summed E-state index contributed by atoms with van der Waals surface area (Å²) >= 11 is 1.34. The van der Waals surface area contributed by atoms with Gasteiger partial charge in [-0.15, -0.1) is 11.8 Å². The number of nitrogens with zero attached hydrogens (tertiary/aromatic N) is 2. The molecule has 0 radical (unpaired) electrons. The number of urea groups is 1. The Bertz CT molecular complexity index is 992. The van der Waals surface area contributed by atoms with E-state index in [0.29, 0.717) is 24.9 Å². The van der Waals surface area contributed by atoms with Crippen LogP contribution in [0, 0.1) is 11.8 Å². The molecule has 2 unspecified atom stereocenters. The third-order valence-electron chi connectivity index (χ3n) is 6.97. The van der Waals surface area contributed by atoms with Gasteiger partial charge in [-0.25, -0.2) is 4.79 Å². The van der Waals surface area contributed by atoms with Gasteiger partial charge in [0.1, 0.15) is 5.25 Å². The molecule has 6 nitrogen and oxygen atoms in total. The number of fused-ring (bicyclic) bond motifs is 1. The van der Waals surface area contributed by atoms with Gasteiger partial charge in [-0.2, -0.15) is 13.2 Å². The summed E-state index contributed by atoms with van der Waals surface area (Å²) in [6, 6.07) is 4.01. The number of halogens is 3. The first-order valence-electron chi connectivity index (χ1n) is 12.1. The molecule has 3 aliphatic rings. The number of imide groups is 1. The molecule has 190 valence electrons. The first-order chi connectivity index (χ1) is 16.7. The molecule has 2 fully saturated rings. The fourth-order valence-corrected chi connectivity index (χ4v) is 6.10. The number of carbonyl (C=O) groups excluding carboxylic acids is 3. The van der Waals surface area contributed by atoms with Gasteiger partial charge in [-0.05, 0) is 61.1 Å². The molecule has 1 aliphatic carbocycles. The molecule has 1 aromatic rings. The van der Waals surface area contributed by atoms with Crippen molar-refractivity contribution in [2.75, 3.05) is 13.1 Å². The van der Waals surface area contributed by atoms with Crippen LogP contribution < -0.4 is 5.32 Å². The second-order valence-corrected chi connectivity index (χ2v) is 10.5. The van der Waals surface area contributed by atoms with Gasteiger partial charge >= 0.3 is 12.2 Å². The van der Waals surface area contributed by atoms with Crippen molar-refractivity contribution in [3.63, 3.8) is 0 Å². The third kappa shape index (κ3) is 5.68. The van der Waals surface area contributed by atoms with Crippen LogP contribution >= 0.6 is 11.8 Å². The van der Waals surface area contributed by atoms with Gasteiger partial charge in [0, 0.05) is 25.6 Å². The summed E-state index contributed by atoms with van der Waals surface area (Å²) in [6.45, 7) is 2.92. The zero-order valence-corrected chi connectivity index (χ0v) is 20.4. The lowest BCUT2D eigenvalue weighted by Crippen LogP contribution is -2.62.